The molecule has 96 valence electrons. The van der Waals surface area contributed by atoms with Crippen LogP contribution in [0.5, 0.6) is 0 Å². The summed E-state index contributed by atoms with van der Waals surface area (Å²) in [6.07, 6.45) is 3.84. The van der Waals surface area contributed by atoms with Crippen molar-refractivity contribution in [2.75, 3.05) is 0 Å². The Kier molecular flexibility index (Phi) is 3.41. The van der Waals surface area contributed by atoms with Crippen LogP contribution in [0.25, 0.3) is 5.69 Å². The van der Waals surface area contributed by atoms with Gasteiger partial charge in [0.2, 0.25) is 0 Å². The number of benzene rings is 1. The number of hydrazine groups is 1. The minimum Gasteiger partial charge on any atom is -0.271 e. The Labute approximate surface area is 115 Å². The van der Waals surface area contributed by atoms with Gasteiger partial charge in [-0.3, -0.25) is 5.84 Å². The molecular formula is C14H14N4S. The fraction of sp³-hybridized carbons (Fsp3) is 0.0714. The Morgan fingerprint density at radius 2 is 2.00 bits per heavy atom. The highest BCUT2D eigenvalue weighted by atomic mass is 32.1. The van der Waals surface area contributed by atoms with E-state index in [1.54, 1.807) is 11.3 Å². The quantitative estimate of drug-likeness (QED) is 0.565. The second kappa shape index (κ2) is 5.36. The molecule has 1 atom stereocenters. The summed E-state index contributed by atoms with van der Waals surface area (Å²) in [4.78, 5) is 0. The van der Waals surface area contributed by atoms with Crippen molar-refractivity contribution in [3.63, 3.8) is 0 Å². The van der Waals surface area contributed by atoms with E-state index in [1.807, 2.05) is 52.8 Å². The molecule has 0 bridgehead atoms. The summed E-state index contributed by atoms with van der Waals surface area (Å²) in [5.74, 6) is 5.66. The Morgan fingerprint density at radius 1 is 1.16 bits per heavy atom. The third kappa shape index (κ3) is 2.44. The molecule has 3 aromatic rings. The van der Waals surface area contributed by atoms with Crippen molar-refractivity contribution in [2.45, 2.75) is 6.04 Å². The largest absolute Gasteiger partial charge is 0.271 e. The van der Waals surface area contributed by atoms with E-state index in [1.165, 1.54) is 0 Å². The highest BCUT2D eigenvalue weighted by molar-refractivity contribution is 7.08. The lowest BCUT2D eigenvalue weighted by Gasteiger charge is -2.12. The summed E-state index contributed by atoms with van der Waals surface area (Å²) in [7, 11) is 0. The lowest BCUT2D eigenvalue weighted by molar-refractivity contribution is 0.638. The van der Waals surface area contributed by atoms with Crippen LogP contribution in [0, 0.1) is 0 Å². The normalized spacial score (nSPS) is 12.5. The highest BCUT2D eigenvalue weighted by Crippen LogP contribution is 2.23. The molecule has 0 aliphatic heterocycles. The Morgan fingerprint density at radius 3 is 2.68 bits per heavy atom. The van der Waals surface area contributed by atoms with Crippen LogP contribution in [-0.2, 0) is 0 Å². The van der Waals surface area contributed by atoms with Crippen LogP contribution in [0.2, 0.25) is 0 Å². The van der Waals surface area contributed by atoms with Gasteiger partial charge in [0.05, 0.1) is 17.9 Å². The van der Waals surface area contributed by atoms with E-state index < -0.39 is 0 Å². The van der Waals surface area contributed by atoms with E-state index in [2.05, 4.69) is 22.0 Å². The standard InChI is InChI=1S/C14H14N4S/c15-17-14(11-6-7-19-10-11)12-8-16-18(9-12)13-4-2-1-3-5-13/h1-10,14,17H,15H2. The van der Waals surface area contributed by atoms with E-state index in [0.29, 0.717) is 0 Å². The fourth-order valence-corrected chi connectivity index (χ4v) is 2.72. The average molecular weight is 270 g/mol. The molecule has 1 unspecified atom stereocenters. The number of thiophene rings is 1. The number of hydrogen-bond donors (Lipinski definition) is 2. The zero-order valence-electron chi connectivity index (χ0n) is 10.2. The number of nitrogens with zero attached hydrogens (tertiary/aromatic N) is 2. The summed E-state index contributed by atoms with van der Waals surface area (Å²) < 4.78 is 1.85. The molecule has 19 heavy (non-hydrogen) atoms. The number of aromatic nitrogens is 2. The maximum Gasteiger partial charge on any atom is 0.0748 e. The van der Waals surface area contributed by atoms with E-state index in [9.17, 15) is 0 Å². The minimum atomic E-state index is -0.0243. The van der Waals surface area contributed by atoms with Gasteiger partial charge in [-0.15, -0.1) is 0 Å². The van der Waals surface area contributed by atoms with Crippen LogP contribution < -0.4 is 11.3 Å². The number of nitrogens with one attached hydrogen (secondary N) is 1. The van der Waals surface area contributed by atoms with Crippen molar-refractivity contribution < 1.29 is 0 Å². The molecule has 0 aliphatic rings. The summed E-state index contributed by atoms with van der Waals surface area (Å²) in [6.45, 7) is 0. The molecule has 4 nitrogen and oxygen atoms in total. The van der Waals surface area contributed by atoms with Crippen LogP contribution in [0.15, 0.2) is 59.6 Å². The van der Waals surface area contributed by atoms with Crippen LogP contribution in [0.1, 0.15) is 17.2 Å². The first-order valence-corrected chi connectivity index (χ1v) is 6.91. The van der Waals surface area contributed by atoms with Gasteiger partial charge in [0.25, 0.3) is 0 Å². The molecule has 2 heterocycles. The molecule has 0 saturated carbocycles. The number of para-hydroxylation sites is 1. The van der Waals surface area contributed by atoms with Crippen molar-refractivity contribution >= 4 is 11.3 Å². The van der Waals surface area contributed by atoms with Gasteiger partial charge in [0, 0.05) is 11.8 Å². The van der Waals surface area contributed by atoms with Crippen LogP contribution in [0.3, 0.4) is 0 Å². The van der Waals surface area contributed by atoms with E-state index in [-0.39, 0.29) is 6.04 Å². The van der Waals surface area contributed by atoms with Gasteiger partial charge in [0.1, 0.15) is 0 Å². The predicted octanol–water partition coefficient (Wildman–Crippen LogP) is 2.49. The Balaban J connectivity index is 1.93. The monoisotopic (exact) mass is 270 g/mol. The van der Waals surface area contributed by atoms with Crippen LogP contribution in [-0.4, -0.2) is 9.78 Å². The number of hydrogen-bond acceptors (Lipinski definition) is 4. The summed E-state index contributed by atoms with van der Waals surface area (Å²) in [5, 5.41) is 8.52. The molecule has 0 spiro atoms. The first kappa shape index (κ1) is 12.1. The van der Waals surface area contributed by atoms with Crippen molar-refractivity contribution in [2.24, 2.45) is 5.84 Å². The third-order valence-corrected chi connectivity index (χ3v) is 3.70. The third-order valence-electron chi connectivity index (χ3n) is 3.00. The molecule has 0 saturated heterocycles. The zero-order chi connectivity index (χ0) is 13.1. The molecule has 1 aromatic carbocycles. The van der Waals surface area contributed by atoms with Gasteiger partial charge in [-0.2, -0.15) is 16.4 Å². The topological polar surface area (TPSA) is 55.9 Å². The molecule has 0 radical (unpaired) electrons. The minimum absolute atomic E-state index is 0.0243. The molecule has 3 rings (SSSR count). The lowest BCUT2D eigenvalue weighted by Crippen LogP contribution is -2.28. The summed E-state index contributed by atoms with van der Waals surface area (Å²) in [5.41, 5.74) is 6.07. The van der Waals surface area contributed by atoms with Gasteiger partial charge in [-0.05, 0) is 34.5 Å². The fourth-order valence-electron chi connectivity index (χ4n) is 2.03. The molecule has 2 aromatic heterocycles. The van der Waals surface area contributed by atoms with Gasteiger partial charge >= 0.3 is 0 Å². The van der Waals surface area contributed by atoms with Gasteiger partial charge in [-0.25, -0.2) is 10.1 Å². The van der Waals surface area contributed by atoms with Gasteiger partial charge < -0.3 is 0 Å². The first-order chi connectivity index (χ1) is 9.38. The molecule has 3 N–H and O–H groups in total. The maximum absolute atomic E-state index is 5.66. The zero-order valence-corrected chi connectivity index (χ0v) is 11.0. The van der Waals surface area contributed by atoms with E-state index in [0.717, 1.165) is 16.8 Å². The number of nitrogens with two attached hydrogens (primary N) is 1. The van der Waals surface area contributed by atoms with Crippen LogP contribution in [0.4, 0.5) is 0 Å². The molecule has 5 heteroatoms. The molecular weight excluding hydrogens is 256 g/mol. The maximum atomic E-state index is 5.66. The van der Waals surface area contributed by atoms with Crippen molar-refractivity contribution in [3.8, 4) is 5.69 Å². The predicted molar refractivity (Wildman–Crippen MR) is 77.0 cm³/mol. The number of rotatable bonds is 4. The first-order valence-electron chi connectivity index (χ1n) is 5.96. The van der Waals surface area contributed by atoms with E-state index in [4.69, 9.17) is 5.84 Å². The summed E-state index contributed by atoms with van der Waals surface area (Å²) >= 11 is 1.66. The average Bonchev–Trinajstić information content (AvgIpc) is 3.12. The Bertz CT molecular complexity index is 631. The summed E-state index contributed by atoms with van der Waals surface area (Å²) in [6, 6.07) is 12.1. The SMILES string of the molecule is NNC(c1ccsc1)c1cnn(-c2ccccc2)c1. The Hall–Kier alpha value is -1.95. The highest BCUT2D eigenvalue weighted by Gasteiger charge is 2.15. The van der Waals surface area contributed by atoms with Gasteiger partial charge in [0.15, 0.2) is 0 Å². The molecule has 0 amide bonds. The van der Waals surface area contributed by atoms with Crippen molar-refractivity contribution in [3.05, 3.63) is 70.7 Å². The van der Waals surface area contributed by atoms with Crippen molar-refractivity contribution in [1.82, 2.24) is 15.2 Å². The van der Waals surface area contributed by atoms with Crippen molar-refractivity contribution in [1.29, 1.82) is 0 Å². The van der Waals surface area contributed by atoms with Crippen LogP contribution >= 0.6 is 11.3 Å². The smallest absolute Gasteiger partial charge is 0.0748 e. The second-order valence-corrected chi connectivity index (χ2v) is 4.99. The second-order valence-electron chi connectivity index (χ2n) is 4.21. The lowest BCUT2D eigenvalue weighted by atomic mass is 10.1. The van der Waals surface area contributed by atoms with E-state index >= 15 is 0 Å². The van der Waals surface area contributed by atoms with Gasteiger partial charge in [-0.1, -0.05) is 18.2 Å². The molecule has 0 aliphatic carbocycles. The molecule has 0 fully saturated rings.